The summed E-state index contributed by atoms with van der Waals surface area (Å²) >= 11 is 0. The summed E-state index contributed by atoms with van der Waals surface area (Å²) in [6.07, 6.45) is -8.68. The predicted molar refractivity (Wildman–Crippen MR) is 159 cm³/mol. The highest BCUT2D eigenvalue weighted by atomic mass is 16.7. The van der Waals surface area contributed by atoms with Gasteiger partial charge in [-0.05, 0) is 47.6 Å². The van der Waals surface area contributed by atoms with Crippen molar-refractivity contribution in [1.82, 2.24) is 0 Å². The molecular formula is C32H38O13. The third-order valence-electron chi connectivity index (χ3n) is 7.75. The number of phenolic OH excluding ortho intramolecular Hbond substituents is 1. The van der Waals surface area contributed by atoms with Gasteiger partial charge >= 0.3 is 11.9 Å². The van der Waals surface area contributed by atoms with Crippen molar-refractivity contribution in [2.45, 2.75) is 82.8 Å². The van der Waals surface area contributed by atoms with Crippen molar-refractivity contribution in [3.05, 3.63) is 58.4 Å². The average Bonchev–Trinajstić information content (AvgIpc) is 2.96. The second-order valence-corrected chi connectivity index (χ2v) is 11.9. The van der Waals surface area contributed by atoms with Crippen LogP contribution >= 0.6 is 0 Å². The summed E-state index contributed by atoms with van der Waals surface area (Å²) < 4.78 is 22.5. The first-order valence-electron chi connectivity index (χ1n) is 14.5. The molecule has 13 heteroatoms. The molecule has 244 valence electrons. The second-order valence-electron chi connectivity index (χ2n) is 11.9. The highest BCUT2D eigenvalue weighted by molar-refractivity contribution is 5.90. The van der Waals surface area contributed by atoms with E-state index in [1.807, 2.05) is 13.8 Å². The number of phenols is 1. The molecular weight excluding hydrogens is 592 g/mol. The number of fused-ring (bicyclic) bond motifs is 1. The van der Waals surface area contributed by atoms with Gasteiger partial charge in [0.1, 0.15) is 54.7 Å². The zero-order valence-electron chi connectivity index (χ0n) is 25.2. The number of esters is 1. The van der Waals surface area contributed by atoms with Crippen LogP contribution in [-0.4, -0.2) is 85.5 Å². The second kappa shape index (κ2) is 13.5. The molecule has 1 aliphatic rings. The van der Waals surface area contributed by atoms with E-state index in [0.717, 1.165) is 0 Å². The largest absolute Gasteiger partial charge is 0.508 e. The number of aromatic hydroxyl groups is 1. The summed E-state index contributed by atoms with van der Waals surface area (Å²) in [5.41, 5.74) is -1.55. The van der Waals surface area contributed by atoms with Crippen molar-refractivity contribution in [3.8, 4) is 22.6 Å². The number of carboxylic acids is 1. The minimum absolute atomic E-state index is 0.0371. The van der Waals surface area contributed by atoms with Crippen LogP contribution in [0.1, 0.15) is 52.0 Å². The van der Waals surface area contributed by atoms with E-state index in [2.05, 4.69) is 0 Å². The number of benzene rings is 2. The van der Waals surface area contributed by atoms with Gasteiger partial charge in [-0.25, -0.2) is 0 Å². The van der Waals surface area contributed by atoms with Crippen LogP contribution in [0, 0.1) is 5.92 Å². The van der Waals surface area contributed by atoms with Crippen molar-refractivity contribution in [2.75, 3.05) is 6.61 Å². The third-order valence-corrected chi connectivity index (χ3v) is 7.75. The van der Waals surface area contributed by atoms with Crippen LogP contribution in [0.3, 0.4) is 0 Å². The van der Waals surface area contributed by atoms with Gasteiger partial charge in [0.05, 0.1) is 17.1 Å². The van der Waals surface area contributed by atoms with Crippen LogP contribution in [-0.2, 0) is 19.1 Å². The monoisotopic (exact) mass is 630 g/mol. The number of rotatable bonds is 11. The number of aliphatic hydroxyl groups excluding tert-OH is 3. The minimum Gasteiger partial charge on any atom is -0.508 e. The number of carboxylic acid groups (broad SMARTS) is 1. The molecule has 0 spiro atoms. The first-order chi connectivity index (χ1) is 21.1. The molecule has 0 unspecified atom stereocenters. The van der Waals surface area contributed by atoms with Crippen LogP contribution in [0.5, 0.6) is 11.5 Å². The number of carbonyl (C=O) groups excluding carboxylic acids is 1. The van der Waals surface area contributed by atoms with Gasteiger partial charge in [0.15, 0.2) is 5.60 Å². The van der Waals surface area contributed by atoms with Gasteiger partial charge in [0.25, 0.3) is 0 Å². The maximum atomic E-state index is 13.5. The molecule has 13 nitrogen and oxygen atoms in total. The minimum atomic E-state index is -2.61. The lowest BCUT2D eigenvalue weighted by Gasteiger charge is -2.50. The van der Waals surface area contributed by atoms with Crippen LogP contribution in [0.15, 0.2) is 51.9 Å². The Kier molecular flexibility index (Phi) is 10.2. The summed E-state index contributed by atoms with van der Waals surface area (Å²) in [5, 5.41) is 63.6. The van der Waals surface area contributed by atoms with Crippen LogP contribution < -0.4 is 10.2 Å². The molecule has 0 radical (unpaired) electrons. The molecule has 0 amide bonds. The number of carbonyl (C=O) groups is 2. The van der Waals surface area contributed by atoms with Crippen molar-refractivity contribution in [2.24, 2.45) is 5.92 Å². The molecule has 0 aliphatic carbocycles. The number of hydrogen-bond acceptors (Lipinski definition) is 12. The normalized spacial score (nSPS) is 24.1. The van der Waals surface area contributed by atoms with Crippen LogP contribution in [0.25, 0.3) is 22.1 Å². The van der Waals surface area contributed by atoms with Crippen LogP contribution in [0.4, 0.5) is 0 Å². The van der Waals surface area contributed by atoms with Crippen LogP contribution in [0.2, 0.25) is 0 Å². The van der Waals surface area contributed by atoms with E-state index in [1.54, 1.807) is 32.0 Å². The summed E-state index contributed by atoms with van der Waals surface area (Å²) in [7, 11) is 0. The summed E-state index contributed by atoms with van der Waals surface area (Å²) in [6.45, 7) is 6.45. The van der Waals surface area contributed by atoms with E-state index in [1.165, 1.54) is 24.5 Å². The SMILES string of the molecule is CC(C)C[C@H](O)[C@]1(O)[C@H](O)[C@@H](Oc2cc3occ(-c4ccc(O)cc4)c(=O)c3cc2C(C)C)O[C@@H](COC(=O)CC(=O)O)[C@@H]1O. The van der Waals surface area contributed by atoms with Crippen molar-refractivity contribution < 1.29 is 58.9 Å². The highest BCUT2D eigenvalue weighted by Gasteiger charge is 2.60. The Balaban J connectivity index is 1.73. The van der Waals surface area contributed by atoms with Crippen molar-refractivity contribution in [3.63, 3.8) is 0 Å². The van der Waals surface area contributed by atoms with E-state index in [0.29, 0.717) is 11.1 Å². The van der Waals surface area contributed by atoms with Gasteiger partial charge in [-0.2, -0.15) is 0 Å². The molecule has 4 rings (SSSR count). The lowest BCUT2D eigenvalue weighted by molar-refractivity contribution is -0.334. The topological polar surface area (TPSA) is 213 Å². The maximum Gasteiger partial charge on any atom is 0.317 e. The number of aliphatic hydroxyl groups is 4. The molecule has 45 heavy (non-hydrogen) atoms. The summed E-state index contributed by atoms with van der Waals surface area (Å²) in [6, 6.07) is 9.03. The van der Waals surface area contributed by atoms with Gasteiger partial charge in [0.2, 0.25) is 11.7 Å². The Morgan fingerprint density at radius 2 is 1.71 bits per heavy atom. The number of ether oxygens (including phenoxy) is 3. The molecule has 0 saturated carbocycles. The zero-order chi connectivity index (χ0) is 33.2. The molecule has 1 saturated heterocycles. The van der Waals surface area contributed by atoms with Crippen molar-refractivity contribution >= 4 is 22.9 Å². The fraction of sp³-hybridized carbons (Fsp3) is 0.469. The van der Waals surface area contributed by atoms with E-state index < -0.39 is 61.3 Å². The quantitative estimate of drug-likeness (QED) is 0.133. The van der Waals surface area contributed by atoms with Gasteiger partial charge < -0.3 is 49.3 Å². The Morgan fingerprint density at radius 1 is 1.04 bits per heavy atom. The summed E-state index contributed by atoms with van der Waals surface area (Å²) in [4.78, 5) is 36.2. The molecule has 1 aliphatic heterocycles. The average molecular weight is 631 g/mol. The van der Waals surface area contributed by atoms with Gasteiger partial charge in [-0.1, -0.05) is 39.8 Å². The fourth-order valence-electron chi connectivity index (χ4n) is 5.31. The zero-order valence-corrected chi connectivity index (χ0v) is 25.2. The molecule has 2 aromatic carbocycles. The fourth-order valence-corrected chi connectivity index (χ4v) is 5.31. The molecule has 1 fully saturated rings. The van der Waals surface area contributed by atoms with Gasteiger partial charge in [0, 0.05) is 6.07 Å². The Morgan fingerprint density at radius 3 is 2.31 bits per heavy atom. The number of hydrogen-bond donors (Lipinski definition) is 6. The van der Waals surface area contributed by atoms with Gasteiger partial charge in [-0.3, -0.25) is 14.4 Å². The summed E-state index contributed by atoms with van der Waals surface area (Å²) in [5.74, 6) is -2.85. The smallest absolute Gasteiger partial charge is 0.317 e. The van der Waals surface area contributed by atoms with E-state index in [9.17, 15) is 39.9 Å². The Labute approximate surface area is 258 Å². The Hall–Kier alpha value is -4.01. The van der Waals surface area contributed by atoms with Gasteiger partial charge in [-0.15, -0.1) is 0 Å². The molecule has 1 aromatic heterocycles. The van der Waals surface area contributed by atoms with E-state index in [4.69, 9.17) is 23.7 Å². The lowest BCUT2D eigenvalue weighted by atomic mass is 9.77. The molecule has 2 heterocycles. The lowest BCUT2D eigenvalue weighted by Crippen LogP contribution is -2.72. The number of aliphatic carboxylic acids is 1. The predicted octanol–water partition coefficient (Wildman–Crippen LogP) is 2.27. The Bertz CT molecular complexity index is 1580. The van der Waals surface area contributed by atoms with E-state index in [-0.39, 0.29) is 51.7 Å². The molecule has 6 N–H and O–H groups in total. The van der Waals surface area contributed by atoms with Crippen molar-refractivity contribution in [1.29, 1.82) is 0 Å². The highest BCUT2D eigenvalue weighted by Crippen LogP contribution is 2.39. The molecule has 3 aromatic rings. The molecule has 6 atom stereocenters. The first kappa shape index (κ1) is 33.9. The third kappa shape index (κ3) is 7.13. The first-order valence-corrected chi connectivity index (χ1v) is 14.5. The molecule has 0 bridgehead atoms. The van der Waals surface area contributed by atoms with E-state index >= 15 is 0 Å². The maximum absolute atomic E-state index is 13.5. The standard InChI is InChI=1S/C32H38O13/c1-15(2)9-25(34)32(41)29(39)24(14-43-27(37)12-26(35)36)45-31(30(32)40)44-23-11-22-20(10-19(23)16(3)4)28(38)21(13-42-22)17-5-7-18(33)8-6-17/h5-8,10-11,13,15-16,24-25,29-31,33-34,39-41H,9,12,14H2,1-4H3,(H,35,36)/t24-,25-,29-,30+,31-,32+/m0/s1.